The number of rotatable bonds is 19. The third-order valence-electron chi connectivity index (χ3n) is 6.53. The average Bonchev–Trinajstić information content (AvgIpc) is 2.97. The molecule has 41 heavy (non-hydrogen) atoms. The van der Waals surface area contributed by atoms with Crippen molar-refractivity contribution in [3.8, 4) is 11.1 Å². The predicted molar refractivity (Wildman–Crippen MR) is 164 cm³/mol. The number of nitrogens with one attached hydrogen (secondary N) is 3. The molecule has 0 aliphatic heterocycles. The van der Waals surface area contributed by atoms with Crippen molar-refractivity contribution in [3.63, 3.8) is 0 Å². The van der Waals surface area contributed by atoms with Crippen molar-refractivity contribution in [2.45, 2.75) is 63.5 Å². The van der Waals surface area contributed by atoms with Crippen molar-refractivity contribution in [3.05, 3.63) is 60.2 Å². The largest absolute Gasteiger partial charge is 0.370 e. The van der Waals surface area contributed by atoms with Crippen molar-refractivity contribution in [1.29, 1.82) is 0 Å². The number of benzene rings is 2. The summed E-state index contributed by atoms with van der Waals surface area (Å²) in [6.07, 6.45) is 4.29. The first kappa shape index (κ1) is 33.2. The maximum atomic E-state index is 13.3. The summed E-state index contributed by atoms with van der Waals surface area (Å²) in [7, 11) is 0. The normalized spacial score (nSPS) is 12.1. The van der Waals surface area contributed by atoms with Crippen LogP contribution in [-0.2, 0) is 20.8 Å². The third kappa shape index (κ3) is 13.3. The van der Waals surface area contributed by atoms with E-state index >= 15 is 0 Å². The van der Waals surface area contributed by atoms with Crippen LogP contribution in [0.25, 0.3) is 11.1 Å². The Kier molecular flexibility index (Phi) is 15.5. The molecule has 0 bridgehead atoms. The Labute approximate surface area is 242 Å². The van der Waals surface area contributed by atoms with E-state index in [4.69, 9.17) is 22.9 Å². The van der Waals surface area contributed by atoms with Gasteiger partial charge in [-0.15, -0.1) is 0 Å². The molecule has 0 heterocycles. The van der Waals surface area contributed by atoms with Crippen LogP contribution in [0.2, 0.25) is 0 Å². The molecule has 2 aromatic carbocycles. The van der Waals surface area contributed by atoms with Crippen LogP contribution in [0.15, 0.2) is 59.6 Å². The molecule has 0 saturated heterocycles. The Morgan fingerprint density at radius 2 is 1.34 bits per heavy atom. The topological polar surface area (TPSA) is 204 Å². The second kappa shape index (κ2) is 19.2. The van der Waals surface area contributed by atoms with Gasteiger partial charge < -0.3 is 38.9 Å². The molecule has 0 aliphatic rings. The van der Waals surface area contributed by atoms with Crippen LogP contribution in [0.5, 0.6) is 0 Å². The fourth-order valence-electron chi connectivity index (χ4n) is 4.28. The van der Waals surface area contributed by atoms with Crippen molar-refractivity contribution < 1.29 is 14.4 Å². The first-order valence-corrected chi connectivity index (χ1v) is 14.3. The van der Waals surface area contributed by atoms with Crippen molar-refractivity contribution >= 4 is 23.7 Å². The summed E-state index contributed by atoms with van der Waals surface area (Å²) in [4.78, 5) is 43.0. The van der Waals surface area contributed by atoms with E-state index in [1.54, 1.807) is 0 Å². The minimum atomic E-state index is -0.806. The molecule has 11 N–H and O–H groups in total. The summed E-state index contributed by atoms with van der Waals surface area (Å²) in [6, 6.07) is 16.2. The summed E-state index contributed by atoms with van der Waals surface area (Å²) in [5, 5.41) is 8.56. The van der Waals surface area contributed by atoms with Gasteiger partial charge in [0.15, 0.2) is 5.96 Å². The molecule has 11 nitrogen and oxygen atoms in total. The van der Waals surface area contributed by atoms with Gasteiger partial charge in [0.05, 0.1) is 6.42 Å². The number of carbonyl (C=O) groups is 3. The number of hydrogen-bond acceptors (Lipinski definition) is 6. The van der Waals surface area contributed by atoms with Crippen molar-refractivity contribution in [2.75, 3.05) is 26.2 Å². The van der Waals surface area contributed by atoms with Gasteiger partial charge in [0.1, 0.15) is 12.1 Å². The molecule has 0 saturated carbocycles. The van der Waals surface area contributed by atoms with Gasteiger partial charge in [0.2, 0.25) is 17.7 Å². The second-order valence-electron chi connectivity index (χ2n) is 9.94. The lowest BCUT2D eigenvalue weighted by Crippen LogP contribution is -2.54. The number of nitrogens with two attached hydrogens (primary N) is 4. The number of unbranched alkanes of at least 4 members (excludes halogenated alkanes) is 2. The van der Waals surface area contributed by atoms with Gasteiger partial charge >= 0.3 is 0 Å². The summed E-state index contributed by atoms with van der Waals surface area (Å²) in [5.74, 6) is -0.931. The van der Waals surface area contributed by atoms with Gasteiger partial charge in [-0.05, 0) is 74.7 Å². The molecule has 0 fully saturated rings. The SMILES string of the molecule is NCCCC[C@H](NC(=O)[C@H](CCCN)NC(=O)Cc1ccc(-c2ccccc2)cc1)C(=O)NCCCCN=C(N)N. The van der Waals surface area contributed by atoms with Crippen LogP contribution in [0.4, 0.5) is 0 Å². The molecule has 3 amide bonds. The fraction of sp³-hybridized carbons (Fsp3) is 0.467. The highest BCUT2D eigenvalue weighted by molar-refractivity contribution is 5.92. The molecular formula is C30H46N8O3. The van der Waals surface area contributed by atoms with Crippen LogP contribution in [-0.4, -0.2) is 61.9 Å². The summed E-state index contributed by atoms with van der Waals surface area (Å²) in [6.45, 7) is 1.78. The zero-order chi connectivity index (χ0) is 29.9. The maximum Gasteiger partial charge on any atom is 0.243 e. The summed E-state index contributed by atoms with van der Waals surface area (Å²) in [5.41, 5.74) is 24.9. The van der Waals surface area contributed by atoms with Crippen LogP contribution >= 0.6 is 0 Å². The van der Waals surface area contributed by atoms with Crippen molar-refractivity contribution in [1.82, 2.24) is 16.0 Å². The molecule has 0 unspecified atom stereocenters. The van der Waals surface area contributed by atoms with Crippen LogP contribution in [0, 0.1) is 0 Å². The lowest BCUT2D eigenvalue weighted by molar-refractivity contribution is -0.132. The first-order valence-electron chi connectivity index (χ1n) is 14.3. The van der Waals surface area contributed by atoms with Gasteiger partial charge in [-0.3, -0.25) is 19.4 Å². The second-order valence-corrected chi connectivity index (χ2v) is 9.94. The van der Waals surface area contributed by atoms with Crippen LogP contribution in [0.1, 0.15) is 50.5 Å². The van der Waals surface area contributed by atoms with Gasteiger partial charge in [-0.25, -0.2) is 0 Å². The van der Waals surface area contributed by atoms with Gasteiger partial charge in [-0.2, -0.15) is 0 Å². The van der Waals surface area contributed by atoms with Crippen LogP contribution < -0.4 is 38.9 Å². The molecule has 0 radical (unpaired) electrons. The van der Waals surface area contributed by atoms with E-state index in [9.17, 15) is 14.4 Å². The standard InChI is InChI=1S/C30H46N8O3/c31-17-5-4-11-25(28(40)35-19-6-7-20-36-30(33)34)38-29(41)26(12-8-18-32)37-27(39)21-22-13-15-24(16-14-22)23-9-2-1-3-10-23/h1-3,9-10,13-16,25-26H,4-8,11-12,17-21,31-32H2,(H,35,40)(H,37,39)(H,38,41)(H4,33,34,36)/t25-,26-/m0/s1. The third-order valence-corrected chi connectivity index (χ3v) is 6.53. The highest BCUT2D eigenvalue weighted by Gasteiger charge is 2.26. The van der Waals surface area contributed by atoms with E-state index in [1.165, 1.54) is 0 Å². The molecule has 0 aromatic heterocycles. The zero-order valence-electron chi connectivity index (χ0n) is 23.8. The van der Waals surface area contributed by atoms with Crippen molar-refractivity contribution in [2.24, 2.45) is 27.9 Å². The first-order chi connectivity index (χ1) is 19.8. The van der Waals surface area contributed by atoms with Gasteiger partial charge in [-0.1, -0.05) is 54.6 Å². The molecule has 2 rings (SSSR count). The molecule has 2 aromatic rings. The van der Waals surface area contributed by atoms with E-state index in [0.29, 0.717) is 64.7 Å². The Morgan fingerprint density at radius 3 is 2.00 bits per heavy atom. The Balaban J connectivity index is 1.97. The number of guanidine groups is 1. The molecule has 0 spiro atoms. The lowest BCUT2D eigenvalue weighted by Gasteiger charge is -2.23. The Bertz CT molecular complexity index is 1090. The smallest absolute Gasteiger partial charge is 0.243 e. The number of aliphatic imine (C=N–C) groups is 1. The minimum absolute atomic E-state index is 0.0361. The quantitative estimate of drug-likeness (QED) is 0.0743. The van der Waals surface area contributed by atoms with Crippen LogP contribution in [0.3, 0.4) is 0 Å². The fourth-order valence-corrected chi connectivity index (χ4v) is 4.28. The van der Waals surface area contributed by atoms with E-state index < -0.39 is 18.0 Å². The maximum absolute atomic E-state index is 13.3. The summed E-state index contributed by atoms with van der Waals surface area (Å²) < 4.78 is 0. The van der Waals surface area contributed by atoms with Gasteiger partial charge in [0, 0.05) is 13.1 Å². The Morgan fingerprint density at radius 1 is 0.707 bits per heavy atom. The predicted octanol–water partition coefficient (Wildman–Crippen LogP) is 0.903. The minimum Gasteiger partial charge on any atom is -0.370 e. The number of hydrogen-bond donors (Lipinski definition) is 7. The lowest BCUT2D eigenvalue weighted by atomic mass is 10.0. The average molecular weight is 567 g/mol. The van der Waals surface area contributed by atoms with E-state index in [1.807, 2.05) is 54.6 Å². The molecule has 2 atom stereocenters. The molecule has 11 heteroatoms. The number of nitrogens with zero attached hydrogens (tertiary/aromatic N) is 1. The molecule has 224 valence electrons. The summed E-state index contributed by atoms with van der Waals surface area (Å²) >= 11 is 0. The van der Waals surface area contributed by atoms with E-state index in [0.717, 1.165) is 23.1 Å². The molecular weight excluding hydrogens is 520 g/mol. The highest BCUT2D eigenvalue weighted by Crippen LogP contribution is 2.19. The van der Waals surface area contributed by atoms with E-state index in [2.05, 4.69) is 20.9 Å². The highest BCUT2D eigenvalue weighted by atomic mass is 16.2. The van der Waals surface area contributed by atoms with E-state index in [-0.39, 0.29) is 24.2 Å². The number of amides is 3. The monoisotopic (exact) mass is 566 g/mol. The number of carbonyl (C=O) groups excluding carboxylic acids is 3. The Hall–Kier alpha value is -3.96. The zero-order valence-corrected chi connectivity index (χ0v) is 23.8. The molecule has 0 aliphatic carbocycles. The van der Waals surface area contributed by atoms with Gasteiger partial charge in [0.25, 0.3) is 0 Å².